The van der Waals surface area contributed by atoms with Gasteiger partial charge in [0.25, 0.3) is 11.6 Å². The molecule has 0 aromatic carbocycles. The third-order valence-corrected chi connectivity index (χ3v) is 5.32. The van der Waals surface area contributed by atoms with E-state index in [0.717, 1.165) is 30.6 Å². The topological polar surface area (TPSA) is 59.2 Å². The predicted molar refractivity (Wildman–Crippen MR) is 101 cm³/mol. The Labute approximate surface area is 151 Å². The molecule has 3 aromatic rings. The Morgan fingerprint density at radius 2 is 2.04 bits per heavy atom. The number of pyridine rings is 1. The first-order chi connectivity index (χ1) is 11.9. The Morgan fingerprint density at radius 1 is 1.28 bits per heavy atom. The van der Waals surface area contributed by atoms with Gasteiger partial charge < -0.3 is 9.42 Å². The number of fused-ring (bicyclic) bond motifs is 1. The quantitative estimate of drug-likeness (QED) is 0.661. The maximum absolute atomic E-state index is 13.0. The van der Waals surface area contributed by atoms with Crippen LogP contribution in [-0.4, -0.2) is 34.5 Å². The average Bonchev–Trinajstić information content (AvgIpc) is 3.13. The molecule has 0 aliphatic carbocycles. The van der Waals surface area contributed by atoms with Crippen molar-refractivity contribution in [1.29, 1.82) is 0 Å². The number of rotatable bonds is 5. The van der Waals surface area contributed by atoms with Gasteiger partial charge in [-0.25, -0.2) is 4.98 Å². The number of aryl methyl sites for hydroxylation is 3. The molecule has 0 saturated carbocycles. The molecule has 0 atom stereocenters. The lowest BCUT2D eigenvalue weighted by atomic mass is 10.0. The van der Waals surface area contributed by atoms with Gasteiger partial charge in [0.2, 0.25) is 0 Å². The van der Waals surface area contributed by atoms with E-state index >= 15 is 0 Å². The van der Waals surface area contributed by atoms with Gasteiger partial charge in [0.05, 0.1) is 22.3 Å². The molecule has 0 radical (unpaired) electrons. The van der Waals surface area contributed by atoms with Crippen LogP contribution in [0.4, 0.5) is 0 Å². The zero-order valence-corrected chi connectivity index (χ0v) is 16.2. The number of hydrogen-bond donors (Lipinski definition) is 0. The second kappa shape index (κ2) is 6.96. The fourth-order valence-electron chi connectivity index (χ4n) is 2.99. The summed E-state index contributed by atoms with van der Waals surface area (Å²) < 4.78 is 5.38. The number of carbonyl (C=O) groups is 1. The van der Waals surface area contributed by atoms with Crippen LogP contribution in [0.25, 0.3) is 22.4 Å². The molecule has 6 heteroatoms. The molecule has 0 bridgehead atoms. The van der Waals surface area contributed by atoms with E-state index in [1.807, 2.05) is 20.0 Å². The molecule has 0 spiro atoms. The minimum absolute atomic E-state index is 0.0157. The summed E-state index contributed by atoms with van der Waals surface area (Å²) in [5, 5.41) is 4.73. The largest absolute Gasteiger partial charge is 0.342 e. The van der Waals surface area contributed by atoms with Crippen molar-refractivity contribution in [3.63, 3.8) is 0 Å². The average molecular weight is 357 g/mol. The minimum Gasteiger partial charge on any atom is -0.342 e. The van der Waals surface area contributed by atoms with E-state index in [9.17, 15) is 4.79 Å². The zero-order valence-electron chi connectivity index (χ0n) is 15.3. The summed E-state index contributed by atoms with van der Waals surface area (Å²) in [6, 6.07) is 3.98. The molecular weight excluding hydrogens is 334 g/mol. The molecule has 0 saturated heterocycles. The Kier molecular flexibility index (Phi) is 4.90. The van der Waals surface area contributed by atoms with E-state index in [4.69, 9.17) is 4.52 Å². The fourth-order valence-corrected chi connectivity index (χ4v) is 3.92. The van der Waals surface area contributed by atoms with Gasteiger partial charge in [-0.1, -0.05) is 18.5 Å². The number of unbranched alkanes of at least 4 members (excludes halogenated alkanes) is 1. The molecular formula is C19H23N3O2S. The van der Waals surface area contributed by atoms with Crippen molar-refractivity contribution in [3.05, 3.63) is 33.1 Å². The molecule has 132 valence electrons. The third-order valence-electron chi connectivity index (χ3n) is 4.36. The molecule has 0 aliphatic rings. The van der Waals surface area contributed by atoms with Crippen molar-refractivity contribution in [1.82, 2.24) is 15.0 Å². The minimum atomic E-state index is -0.0157. The molecule has 3 aromatic heterocycles. The summed E-state index contributed by atoms with van der Waals surface area (Å²) in [6.07, 6.45) is 2.03. The lowest BCUT2D eigenvalue weighted by molar-refractivity contribution is 0.0795. The van der Waals surface area contributed by atoms with Crippen molar-refractivity contribution in [2.45, 2.75) is 40.5 Å². The van der Waals surface area contributed by atoms with Crippen LogP contribution >= 0.6 is 11.3 Å². The second-order valence-corrected chi connectivity index (χ2v) is 7.87. The third kappa shape index (κ3) is 3.31. The SMILES string of the molecule is CCCCN(C)C(=O)c1cc(-c2cc(C)sc2C)nc2onc(C)c12. The molecule has 0 fully saturated rings. The summed E-state index contributed by atoms with van der Waals surface area (Å²) >= 11 is 1.72. The van der Waals surface area contributed by atoms with E-state index in [1.165, 1.54) is 9.75 Å². The standard InChI is InChI=1S/C19H23N3O2S/c1-6-7-8-22(5)19(23)15-10-16(14-9-11(2)25-13(14)4)20-18-17(15)12(3)21-24-18/h9-10H,6-8H2,1-5H3. The van der Waals surface area contributed by atoms with Crippen molar-refractivity contribution < 1.29 is 9.32 Å². The van der Waals surface area contributed by atoms with Crippen LogP contribution < -0.4 is 0 Å². The molecule has 3 heterocycles. The Morgan fingerprint density at radius 3 is 2.68 bits per heavy atom. The van der Waals surface area contributed by atoms with Gasteiger partial charge in [-0.05, 0) is 39.3 Å². The molecule has 3 rings (SSSR count). The first kappa shape index (κ1) is 17.6. The van der Waals surface area contributed by atoms with Gasteiger partial charge in [-0.15, -0.1) is 11.3 Å². The first-order valence-electron chi connectivity index (χ1n) is 8.52. The number of carbonyl (C=O) groups excluding carboxylic acids is 1. The van der Waals surface area contributed by atoms with Gasteiger partial charge in [0.1, 0.15) is 0 Å². The summed E-state index contributed by atoms with van der Waals surface area (Å²) in [6.45, 7) is 8.83. The summed E-state index contributed by atoms with van der Waals surface area (Å²) in [5.41, 5.74) is 3.53. The fraction of sp³-hybridized carbons (Fsp3) is 0.421. The molecule has 5 nitrogen and oxygen atoms in total. The highest BCUT2D eigenvalue weighted by Gasteiger charge is 2.22. The van der Waals surface area contributed by atoms with Crippen molar-refractivity contribution >= 4 is 28.3 Å². The highest BCUT2D eigenvalue weighted by Crippen LogP contribution is 2.33. The van der Waals surface area contributed by atoms with Crippen LogP contribution in [-0.2, 0) is 0 Å². The monoisotopic (exact) mass is 357 g/mol. The molecule has 0 N–H and O–H groups in total. The lowest BCUT2D eigenvalue weighted by Gasteiger charge is -2.17. The van der Waals surface area contributed by atoms with Crippen molar-refractivity contribution in [3.8, 4) is 11.3 Å². The van der Waals surface area contributed by atoms with Gasteiger partial charge >= 0.3 is 0 Å². The van der Waals surface area contributed by atoms with E-state index in [1.54, 1.807) is 16.2 Å². The Bertz CT molecular complexity index is 926. The summed E-state index contributed by atoms with van der Waals surface area (Å²) in [5.74, 6) is -0.0157. The number of thiophene rings is 1. The number of hydrogen-bond acceptors (Lipinski definition) is 5. The van der Waals surface area contributed by atoms with Crippen LogP contribution in [0.3, 0.4) is 0 Å². The predicted octanol–water partition coefficient (Wildman–Crippen LogP) is 4.75. The number of aromatic nitrogens is 2. The van der Waals surface area contributed by atoms with Gasteiger partial charge in [0, 0.05) is 28.9 Å². The molecule has 0 aliphatic heterocycles. The second-order valence-electron chi connectivity index (χ2n) is 6.41. The highest BCUT2D eigenvalue weighted by atomic mass is 32.1. The molecule has 0 unspecified atom stereocenters. The highest BCUT2D eigenvalue weighted by molar-refractivity contribution is 7.12. The van der Waals surface area contributed by atoms with E-state index in [2.05, 4.69) is 37.0 Å². The number of amides is 1. The van der Waals surface area contributed by atoms with Gasteiger partial charge in [0.15, 0.2) is 0 Å². The number of nitrogens with zero attached hydrogens (tertiary/aromatic N) is 3. The van der Waals surface area contributed by atoms with Gasteiger partial charge in [-0.2, -0.15) is 0 Å². The van der Waals surface area contributed by atoms with E-state index in [0.29, 0.717) is 22.4 Å². The summed E-state index contributed by atoms with van der Waals surface area (Å²) in [4.78, 5) is 21.8. The van der Waals surface area contributed by atoms with Gasteiger partial charge in [-0.3, -0.25) is 4.79 Å². The van der Waals surface area contributed by atoms with Crippen molar-refractivity contribution in [2.24, 2.45) is 0 Å². The van der Waals surface area contributed by atoms with Crippen LogP contribution in [0.1, 0.15) is 45.6 Å². The van der Waals surface area contributed by atoms with E-state index in [-0.39, 0.29) is 5.91 Å². The lowest BCUT2D eigenvalue weighted by Crippen LogP contribution is -2.28. The first-order valence-corrected chi connectivity index (χ1v) is 9.34. The van der Waals surface area contributed by atoms with Crippen LogP contribution in [0.15, 0.2) is 16.7 Å². The van der Waals surface area contributed by atoms with Crippen LogP contribution in [0, 0.1) is 20.8 Å². The summed E-state index contributed by atoms with van der Waals surface area (Å²) in [7, 11) is 1.84. The van der Waals surface area contributed by atoms with Crippen LogP contribution in [0.2, 0.25) is 0 Å². The van der Waals surface area contributed by atoms with E-state index < -0.39 is 0 Å². The molecule has 1 amide bonds. The Hall–Kier alpha value is -2.21. The normalized spacial score (nSPS) is 11.2. The van der Waals surface area contributed by atoms with Crippen molar-refractivity contribution in [2.75, 3.05) is 13.6 Å². The maximum atomic E-state index is 13.0. The molecule has 25 heavy (non-hydrogen) atoms. The maximum Gasteiger partial charge on any atom is 0.259 e. The van der Waals surface area contributed by atoms with Crippen LogP contribution in [0.5, 0.6) is 0 Å². The smallest absolute Gasteiger partial charge is 0.259 e. The zero-order chi connectivity index (χ0) is 18.1. The Balaban J connectivity index is 2.14.